The minimum Gasteiger partial charge on any atom is -0.311 e. The Kier molecular flexibility index (Phi) is 4.62. The summed E-state index contributed by atoms with van der Waals surface area (Å²) >= 11 is 0. The van der Waals surface area contributed by atoms with Gasteiger partial charge in [-0.05, 0) is 25.0 Å². The summed E-state index contributed by atoms with van der Waals surface area (Å²) in [4.78, 5) is 14.4. The molecule has 2 rings (SSSR count). The molecule has 1 atom stereocenters. The van der Waals surface area contributed by atoms with Gasteiger partial charge in [0.15, 0.2) is 0 Å². The second-order valence-corrected chi connectivity index (χ2v) is 5.67. The molecule has 1 heterocycles. The minimum absolute atomic E-state index is 0.0659. The third-order valence-corrected chi connectivity index (χ3v) is 4.41. The molecule has 0 radical (unpaired) electrons. The van der Waals surface area contributed by atoms with E-state index in [4.69, 9.17) is 0 Å². The topological polar surface area (TPSA) is 20.3 Å². The fourth-order valence-corrected chi connectivity index (χ4v) is 2.97. The van der Waals surface area contributed by atoms with E-state index in [-0.39, 0.29) is 5.41 Å². The molecule has 0 aromatic heterocycles. The van der Waals surface area contributed by atoms with Crippen LogP contribution in [0, 0.1) is 5.41 Å². The highest BCUT2D eigenvalue weighted by Crippen LogP contribution is 2.42. The van der Waals surface area contributed by atoms with E-state index in [0.29, 0.717) is 5.91 Å². The fraction of sp³-hybridized carbons (Fsp3) is 0.588. The SMILES string of the molecule is CCCCCC[C@@]1(CC)CN(c2ccccc2)C1=O. The molecule has 0 saturated carbocycles. The van der Waals surface area contributed by atoms with Crippen molar-refractivity contribution in [3.63, 3.8) is 0 Å². The van der Waals surface area contributed by atoms with Crippen molar-refractivity contribution in [2.75, 3.05) is 11.4 Å². The molecule has 1 aromatic rings. The number of unbranched alkanes of at least 4 members (excludes halogenated alkanes) is 3. The number of amides is 1. The van der Waals surface area contributed by atoms with Gasteiger partial charge in [0.05, 0.1) is 5.41 Å². The number of anilines is 1. The van der Waals surface area contributed by atoms with Crippen LogP contribution in [0.25, 0.3) is 0 Å². The molecule has 0 aliphatic carbocycles. The predicted molar refractivity (Wildman–Crippen MR) is 80.3 cm³/mol. The molecule has 1 aromatic carbocycles. The third-order valence-electron chi connectivity index (χ3n) is 4.41. The highest BCUT2D eigenvalue weighted by molar-refractivity contribution is 6.04. The first kappa shape index (κ1) is 14.1. The molecular weight excluding hydrogens is 234 g/mol. The van der Waals surface area contributed by atoms with Crippen molar-refractivity contribution in [3.8, 4) is 0 Å². The summed E-state index contributed by atoms with van der Waals surface area (Å²) in [6.07, 6.45) is 7.03. The number of benzene rings is 1. The zero-order chi connectivity index (χ0) is 13.7. The molecule has 19 heavy (non-hydrogen) atoms. The number of hydrogen-bond acceptors (Lipinski definition) is 1. The van der Waals surface area contributed by atoms with E-state index in [1.807, 2.05) is 35.2 Å². The van der Waals surface area contributed by atoms with E-state index in [0.717, 1.165) is 25.1 Å². The first-order chi connectivity index (χ1) is 9.23. The van der Waals surface area contributed by atoms with Gasteiger partial charge in [0.25, 0.3) is 0 Å². The van der Waals surface area contributed by atoms with Gasteiger partial charge < -0.3 is 4.90 Å². The molecule has 1 fully saturated rings. The van der Waals surface area contributed by atoms with Crippen LogP contribution in [0.3, 0.4) is 0 Å². The number of para-hydroxylation sites is 1. The third kappa shape index (κ3) is 2.83. The molecule has 0 unspecified atom stereocenters. The Morgan fingerprint density at radius 1 is 1.11 bits per heavy atom. The number of rotatable bonds is 7. The van der Waals surface area contributed by atoms with Gasteiger partial charge in [-0.25, -0.2) is 0 Å². The highest BCUT2D eigenvalue weighted by Gasteiger charge is 2.50. The summed E-state index contributed by atoms with van der Waals surface area (Å²) in [6.45, 7) is 5.28. The maximum atomic E-state index is 12.5. The van der Waals surface area contributed by atoms with Crippen molar-refractivity contribution in [3.05, 3.63) is 30.3 Å². The Morgan fingerprint density at radius 3 is 2.42 bits per heavy atom. The van der Waals surface area contributed by atoms with Gasteiger partial charge in [-0.3, -0.25) is 4.79 Å². The maximum Gasteiger partial charge on any atom is 0.235 e. The molecule has 2 nitrogen and oxygen atoms in total. The first-order valence-corrected chi connectivity index (χ1v) is 7.60. The van der Waals surface area contributed by atoms with Crippen LogP contribution < -0.4 is 4.90 Å². The Morgan fingerprint density at radius 2 is 1.84 bits per heavy atom. The molecule has 0 bridgehead atoms. The number of nitrogens with zero attached hydrogens (tertiary/aromatic N) is 1. The average Bonchev–Trinajstić information content (AvgIpc) is 2.46. The summed E-state index contributed by atoms with van der Waals surface area (Å²) in [5, 5.41) is 0. The Balaban J connectivity index is 1.93. The quantitative estimate of drug-likeness (QED) is 0.525. The zero-order valence-corrected chi connectivity index (χ0v) is 12.2. The van der Waals surface area contributed by atoms with E-state index in [9.17, 15) is 4.79 Å². The van der Waals surface area contributed by atoms with E-state index < -0.39 is 0 Å². The number of β-lactam (4-membered cyclic amide) rings is 1. The van der Waals surface area contributed by atoms with Crippen LogP contribution in [0.1, 0.15) is 52.4 Å². The van der Waals surface area contributed by atoms with Gasteiger partial charge >= 0.3 is 0 Å². The summed E-state index contributed by atoms with van der Waals surface area (Å²) in [7, 11) is 0. The van der Waals surface area contributed by atoms with Gasteiger partial charge in [0.2, 0.25) is 5.91 Å². The fourth-order valence-electron chi connectivity index (χ4n) is 2.97. The van der Waals surface area contributed by atoms with Crippen LogP contribution >= 0.6 is 0 Å². The second-order valence-electron chi connectivity index (χ2n) is 5.67. The lowest BCUT2D eigenvalue weighted by atomic mass is 9.72. The van der Waals surface area contributed by atoms with Crippen molar-refractivity contribution in [1.29, 1.82) is 0 Å². The molecule has 1 aliphatic heterocycles. The summed E-state index contributed by atoms with van der Waals surface area (Å²) < 4.78 is 0. The van der Waals surface area contributed by atoms with Gasteiger partial charge in [0, 0.05) is 12.2 Å². The second kappa shape index (κ2) is 6.23. The van der Waals surface area contributed by atoms with Gasteiger partial charge in [-0.2, -0.15) is 0 Å². The van der Waals surface area contributed by atoms with Crippen LogP contribution in [0.4, 0.5) is 5.69 Å². The molecule has 0 spiro atoms. The summed E-state index contributed by atoms with van der Waals surface area (Å²) in [6, 6.07) is 10.0. The van der Waals surface area contributed by atoms with Crippen molar-refractivity contribution >= 4 is 11.6 Å². The molecule has 2 heteroatoms. The Bertz CT molecular complexity index is 415. The highest BCUT2D eigenvalue weighted by atomic mass is 16.2. The van der Waals surface area contributed by atoms with Crippen LogP contribution in [0.5, 0.6) is 0 Å². The number of hydrogen-bond donors (Lipinski definition) is 0. The maximum absolute atomic E-state index is 12.5. The van der Waals surface area contributed by atoms with Crippen molar-refractivity contribution < 1.29 is 4.79 Å². The van der Waals surface area contributed by atoms with Crippen molar-refractivity contribution in [2.45, 2.75) is 52.4 Å². The van der Waals surface area contributed by atoms with E-state index in [2.05, 4.69) is 13.8 Å². The monoisotopic (exact) mass is 259 g/mol. The van der Waals surface area contributed by atoms with Gasteiger partial charge in [-0.15, -0.1) is 0 Å². The summed E-state index contributed by atoms with van der Waals surface area (Å²) in [5.41, 5.74) is 0.981. The van der Waals surface area contributed by atoms with Crippen molar-refractivity contribution in [1.82, 2.24) is 0 Å². The summed E-state index contributed by atoms with van der Waals surface area (Å²) in [5.74, 6) is 0.331. The van der Waals surface area contributed by atoms with Gasteiger partial charge in [-0.1, -0.05) is 57.7 Å². The zero-order valence-electron chi connectivity index (χ0n) is 12.2. The molecule has 1 amide bonds. The first-order valence-electron chi connectivity index (χ1n) is 7.60. The van der Waals surface area contributed by atoms with Crippen LogP contribution in [0.2, 0.25) is 0 Å². The van der Waals surface area contributed by atoms with Crippen molar-refractivity contribution in [2.24, 2.45) is 5.41 Å². The molecule has 104 valence electrons. The van der Waals surface area contributed by atoms with Crippen LogP contribution in [-0.4, -0.2) is 12.5 Å². The van der Waals surface area contributed by atoms with E-state index >= 15 is 0 Å². The molecule has 0 N–H and O–H groups in total. The lowest BCUT2D eigenvalue weighted by Crippen LogP contribution is -2.61. The number of carbonyl (C=O) groups excluding carboxylic acids is 1. The average molecular weight is 259 g/mol. The standard InChI is InChI=1S/C17H25NO/c1-3-5-6-10-13-17(4-2)14-18(16(17)19)15-11-8-7-9-12-15/h7-9,11-12H,3-6,10,13-14H2,1-2H3/t17-/m0/s1. The number of carbonyl (C=O) groups is 1. The van der Waals surface area contributed by atoms with E-state index in [1.165, 1.54) is 25.7 Å². The largest absolute Gasteiger partial charge is 0.311 e. The Labute approximate surface area is 116 Å². The molecular formula is C17H25NO. The Hall–Kier alpha value is -1.31. The smallest absolute Gasteiger partial charge is 0.235 e. The lowest BCUT2D eigenvalue weighted by Gasteiger charge is -2.48. The predicted octanol–water partition coefficient (Wildman–Crippen LogP) is 4.40. The van der Waals surface area contributed by atoms with Crippen LogP contribution in [-0.2, 0) is 4.79 Å². The minimum atomic E-state index is -0.0659. The molecule has 1 aliphatic rings. The molecule has 1 saturated heterocycles. The van der Waals surface area contributed by atoms with E-state index in [1.54, 1.807) is 0 Å². The lowest BCUT2D eigenvalue weighted by molar-refractivity contribution is -0.136. The van der Waals surface area contributed by atoms with Crippen LogP contribution in [0.15, 0.2) is 30.3 Å². The normalized spacial score (nSPS) is 22.4. The van der Waals surface area contributed by atoms with Gasteiger partial charge in [0.1, 0.15) is 0 Å².